The van der Waals surface area contributed by atoms with E-state index >= 15 is 0 Å². The molecule has 0 spiro atoms. The second kappa shape index (κ2) is 4.64. The summed E-state index contributed by atoms with van der Waals surface area (Å²) in [7, 11) is 0. The smallest absolute Gasteiger partial charge is 0.324 e. The quantitative estimate of drug-likeness (QED) is 0.750. The predicted octanol–water partition coefficient (Wildman–Crippen LogP) is 2.57. The standard InChI is InChI=1S/C11H19N3O/c1-9(2)10-12-11(15-13-10)14-7-5-3-4-6-8-14/h9H,3-8H2,1-2H3. The highest BCUT2D eigenvalue weighted by Gasteiger charge is 2.17. The lowest BCUT2D eigenvalue weighted by Gasteiger charge is -2.15. The first-order valence-corrected chi connectivity index (χ1v) is 5.86. The maximum atomic E-state index is 5.29. The van der Waals surface area contributed by atoms with Gasteiger partial charge < -0.3 is 9.42 Å². The lowest BCUT2D eigenvalue weighted by atomic mass is 10.2. The highest BCUT2D eigenvalue weighted by atomic mass is 16.5. The summed E-state index contributed by atoms with van der Waals surface area (Å²) in [4.78, 5) is 6.64. The molecule has 0 aliphatic carbocycles. The molecule has 1 aromatic heterocycles. The number of hydrogen-bond acceptors (Lipinski definition) is 4. The number of nitrogens with zero attached hydrogens (tertiary/aromatic N) is 3. The molecule has 1 saturated heterocycles. The minimum atomic E-state index is 0.342. The molecule has 0 radical (unpaired) electrons. The normalized spacial score (nSPS) is 18.2. The van der Waals surface area contributed by atoms with Crippen molar-refractivity contribution in [2.45, 2.75) is 45.4 Å². The average molecular weight is 209 g/mol. The fourth-order valence-corrected chi connectivity index (χ4v) is 1.85. The highest BCUT2D eigenvalue weighted by Crippen LogP contribution is 2.19. The van der Waals surface area contributed by atoms with Gasteiger partial charge in [0.05, 0.1) is 0 Å². The fraction of sp³-hybridized carbons (Fsp3) is 0.818. The Morgan fingerprint density at radius 1 is 1.13 bits per heavy atom. The molecule has 0 unspecified atom stereocenters. The van der Waals surface area contributed by atoms with Crippen molar-refractivity contribution < 1.29 is 4.52 Å². The van der Waals surface area contributed by atoms with Crippen molar-refractivity contribution in [2.75, 3.05) is 18.0 Å². The van der Waals surface area contributed by atoms with Gasteiger partial charge in [-0.1, -0.05) is 31.8 Å². The molecule has 0 saturated carbocycles. The minimum Gasteiger partial charge on any atom is -0.324 e. The second-order valence-corrected chi connectivity index (χ2v) is 4.49. The molecule has 4 nitrogen and oxygen atoms in total. The zero-order chi connectivity index (χ0) is 10.7. The largest absolute Gasteiger partial charge is 0.324 e. The average Bonchev–Trinajstić information content (AvgIpc) is 2.55. The van der Waals surface area contributed by atoms with E-state index in [-0.39, 0.29) is 0 Å². The molecule has 0 N–H and O–H groups in total. The maximum Gasteiger partial charge on any atom is 0.324 e. The van der Waals surface area contributed by atoms with Crippen LogP contribution in [0.1, 0.15) is 51.3 Å². The van der Waals surface area contributed by atoms with Crippen molar-refractivity contribution in [3.8, 4) is 0 Å². The molecule has 0 aromatic carbocycles. The van der Waals surface area contributed by atoms with E-state index in [0.29, 0.717) is 11.9 Å². The Labute approximate surface area is 90.7 Å². The Morgan fingerprint density at radius 2 is 1.80 bits per heavy atom. The molecule has 1 aliphatic rings. The summed E-state index contributed by atoms with van der Waals surface area (Å²) in [5.74, 6) is 1.16. The van der Waals surface area contributed by atoms with Gasteiger partial charge in [-0.05, 0) is 12.8 Å². The van der Waals surface area contributed by atoms with Crippen LogP contribution >= 0.6 is 0 Å². The van der Waals surface area contributed by atoms with Crippen molar-refractivity contribution in [2.24, 2.45) is 0 Å². The van der Waals surface area contributed by atoms with Gasteiger partial charge in [-0.2, -0.15) is 4.98 Å². The van der Waals surface area contributed by atoms with Crippen LogP contribution in [0.4, 0.5) is 6.01 Å². The van der Waals surface area contributed by atoms with Crippen LogP contribution < -0.4 is 4.90 Å². The lowest BCUT2D eigenvalue weighted by Crippen LogP contribution is -2.24. The molecule has 1 aromatic rings. The summed E-state index contributed by atoms with van der Waals surface area (Å²) in [5, 5.41) is 3.99. The topological polar surface area (TPSA) is 42.2 Å². The Morgan fingerprint density at radius 3 is 2.33 bits per heavy atom. The highest BCUT2D eigenvalue weighted by molar-refractivity contribution is 5.25. The monoisotopic (exact) mass is 209 g/mol. The van der Waals surface area contributed by atoms with Gasteiger partial charge in [0.25, 0.3) is 0 Å². The summed E-state index contributed by atoms with van der Waals surface area (Å²) < 4.78 is 5.29. The predicted molar refractivity (Wildman–Crippen MR) is 59.1 cm³/mol. The maximum absolute atomic E-state index is 5.29. The fourth-order valence-electron chi connectivity index (χ4n) is 1.85. The van der Waals surface area contributed by atoms with Crippen LogP contribution in [0, 0.1) is 0 Å². The van der Waals surface area contributed by atoms with Crippen molar-refractivity contribution in [1.29, 1.82) is 0 Å². The minimum absolute atomic E-state index is 0.342. The Bertz CT molecular complexity index is 301. The lowest BCUT2D eigenvalue weighted by molar-refractivity contribution is 0.404. The van der Waals surface area contributed by atoms with Gasteiger partial charge in [0.2, 0.25) is 0 Å². The zero-order valence-corrected chi connectivity index (χ0v) is 9.57. The Hall–Kier alpha value is -1.06. The van der Waals surface area contributed by atoms with Crippen LogP contribution in [0.15, 0.2) is 4.52 Å². The van der Waals surface area contributed by atoms with Gasteiger partial charge in [0.15, 0.2) is 5.82 Å². The first-order valence-electron chi connectivity index (χ1n) is 5.86. The molecular weight excluding hydrogens is 190 g/mol. The van der Waals surface area contributed by atoms with Crippen LogP contribution in [-0.4, -0.2) is 23.2 Å². The zero-order valence-electron chi connectivity index (χ0n) is 9.57. The molecule has 4 heteroatoms. The van der Waals surface area contributed by atoms with E-state index < -0.39 is 0 Å². The number of anilines is 1. The van der Waals surface area contributed by atoms with Crippen molar-refractivity contribution in [3.05, 3.63) is 5.82 Å². The second-order valence-electron chi connectivity index (χ2n) is 4.49. The van der Waals surface area contributed by atoms with Gasteiger partial charge in [-0.15, -0.1) is 0 Å². The third kappa shape index (κ3) is 2.49. The summed E-state index contributed by atoms with van der Waals surface area (Å²) in [6.07, 6.45) is 5.11. The molecular formula is C11H19N3O. The van der Waals surface area contributed by atoms with Crippen LogP contribution in [0.3, 0.4) is 0 Å². The number of aromatic nitrogens is 2. The van der Waals surface area contributed by atoms with E-state index in [0.717, 1.165) is 18.9 Å². The SMILES string of the molecule is CC(C)c1noc(N2CCCCCC2)n1. The summed E-state index contributed by atoms with van der Waals surface area (Å²) >= 11 is 0. The molecule has 0 bridgehead atoms. The van der Waals surface area contributed by atoms with Crippen LogP contribution in [0.25, 0.3) is 0 Å². The summed E-state index contributed by atoms with van der Waals surface area (Å²) in [6, 6.07) is 0.709. The van der Waals surface area contributed by atoms with E-state index in [2.05, 4.69) is 28.9 Å². The van der Waals surface area contributed by atoms with Crippen molar-refractivity contribution in [3.63, 3.8) is 0 Å². The van der Waals surface area contributed by atoms with Gasteiger partial charge in [0, 0.05) is 19.0 Å². The molecule has 1 fully saturated rings. The summed E-state index contributed by atoms with van der Waals surface area (Å²) in [6.45, 7) is 6.27. The van der Waals surface area contributed by atoms with E-state index in [1.54, 1.807) is 0 Å². The van der Waals surface area contributed by atoms with Crippen LogP contribution in [0.5, 0.6) is 0 Å². The molecule has 15 heavy (non-hydrogen) atoms. The van der Waals surface area contributed by atoms with E-state index in [1.165, 1.54) is 25.7 Å². The first-order chi connectivity index (χ1) is 7.27. The third-order valence-electron chi connectivity index (χ3n) is 2.82. The van der Waals surface area contributed by atoms with E-state index in [4.69, 9.17) is 4.52 Å². The van der Waals surface area contributed by atoms with E-state index in [1.807, 2.05) is 0 Å². The van der Waals surface area contributed by atoms with Crippen LogP contribution in [-0.2, 0) is 0 Å². The van der Waals surface area contributed by atoms with Gasteiger partial charge in [-0.25, -0.2) is 0 Å². The molecule has 1 aliphatic heterocycles. The molecule has 2 heterocycles. The molecule has 0 atom stereocenters. The molecule has 84 valence electrons. The number of hydrogen-bond donors (Lipinski definition) is 0. The summed E-state index contributed by atoms with van der Waals surface area (Å²) in [5.41, 5.74) is 0. The van der Waals surface area contributed by atoms with Crippen molar-refractivity contribution >= 4 is 6.01 Å². The third-order valence-corrected chi connectivity index (χ3v) is 2.82. The first kappa shape index (κ1) is 10.5. The van der Waals surface area contributed by atoms with Crippen molar-refractivity contribution in [1.82, 2.24) is 10.1 Å². The van der Waals surface area contributed by atoms with Gasteiger partial charge in [-0.3, -0.25) is 0 Å². The molecule has 0 amide bonds. The van der Waals surface area contributed by atoms with E-state index in [9.17, 15) is 0 Å². The number of rotatable bonds is 2. The van der Waals surface area contributed by atoms with Gasteiger partial charge in [0.1, 0.15) is 0 Å². The van der Waals surface area contributed by atoms with Crippen LogP contribution in [0.2, 0.25) is 0 Å². The Kier molecular flexibility index (Phi) is 3.23. The molecule has 2 rings (SSSR count). The Balaban J connectivity index is 2.06. The van der Waals surface area contributed by atoms with Gasteiger partial charge >= 0.3 is 6.01 Å².